The SMILES string of the molecule is CC(C)C[C@H](NC(=O)[C@@H](O)[C@H](N)Cc1ccccc1)C(=O)OCCN(C)C.Cl.Cl. The molecule has 0 heterocycles. The first-order valence-electron chi connectivity index (χ1n) is 9.30. The number of carbonyl (C=O) groups is 2. The highest BCUT2D eigenvalue weighted by atomic mass is 35.5. The minimum Gasteiger partial charge on any atom is -0.463 e. The number of hydrogen-bond donors (Lipinski definition) is 3. The Balaban J connectivity index is 0. The average molecular weight is 452 g/mol. The summed E-state index contributed by atoms with van der Waals surface area (Å²) in [5, 5.41) is 12.9. The highest BCUT2D eigenvalue weighted by Gasteiger charge is 2.29. The van der Waals surface area contributed by atoms with Crippen LogP contribution in [0, 0.1) is 5.92 Å². The summed E-state index contributed by atoms with van der Waals surface area (Å²) in [6, 6.07) is 7.82. The number of likely N-dealkylation sites (N-methyl/N-ethyl adjacent to an activating group) is 1. The molecule has 1 rings (SSSR count). The largest absolute Gasteiger partial charge is 0.463 e. The number of nitrogens with zero attached hydrogens (tertiary/aromatic N) is 1. The van der Waals surface area contributed by atoms with Gasteiger partial charge in [-0.05, 0) is 38.4 Å². The van der Waals surface area contributed by atoms with E-state index in [1.54, 1.807) is 0 Å². The van der Waals surface area contributed by atoms with E-state index in [2.05, 4.69) is 5.32 Å². The van der Waals surface area contributed by atoms with Gasteiger partial charge in [-0.2, -0.15) is 0 Å². The van der Waals surface area contributed by atoms with E-state index in [1.807, 2.05) is 63.2 Å². The Morgan fingerprint density at radius 2 is 1.76 bits per heavy atom. The van der Waals surface area contributed by atoms with Crippen LogP contribution in [-0.2, 0) is 20.7 Å². The Bertz CT molecular complexity index is 588. The third-order valence-corrected chi connectivity index (χ3v) is 4.08. The molecule has 0 saturated carbocycles. The van der Waals surface area contributed by atoms with Crippen molar-refractivity contribution < 1.29 is 19.4 Å². The van der Waals surface area contributed by atoms with E-state index in [1.165, 1.54) is 0 Å². The number of ether oxygens (including phenoxy) is 1. The van der Waals surface area contributed by atoms with Gasteiger partial charge in [0.1, 0.15) is 18.8 Å². The summed E-state index contributed by atoms with van der Waals surface area (Å²) in [6.45, 7) is 4.73. The van der Waals surface area contributed by atoms with E-state index in [-0.39, 0.29) is 37.3 Å². The van der Waals surface area contributed by atoms with Crippen molar-refractivity contribution in [2.24, 2.45) is 11.7 Å². The Labute approximate surface area is 186 Å². The van der Waals surface area contributed by atoms with E-state index >= 15 is 0 Å². The van der Waals surface area contributed by atoms with Crippen molar-refractivity contribution in [3.05, 3.63) is 35.9 Å². The fourth-order valence-corrected chi connectivity index (χ4v) is 2.56. The molecule has 0 spiro atoms. The molecule has 0 radical (unpaired) electrons. The lowest BCUT2D eigenvalue weighted by Crippen LogP contribution is -2.52. The molecule has 168 valence electrons. The van der Waals surface area contributed by atoms with Gasteiger partial charge >= 0.3 is 5.97 Å². The summed E-state index contributed by atoms with van der Waals surface area (Å²) >= 11 is 0. The second-order valence-electron chi connectivity index (χ2n) is 7.46. The molecule has 1 amide bonds. The quantitative estimate of drug-likeness (QED) is 0.439. The predicted octanol–water partition coefficient (Wildman–Crippen LogP) is 1.40. The summed E-state index contributed by atoms with van der Waals surface area (Å²) < 4.78 is 5.24. The zero-order valence-electron chi connectivity index (χ0n) is 17.5. The van der Waals surface area contributed by atoms with E-state index in [9.17, 15) is 14.7 Å². The highest BCUT2D eigenvalue weighted by Crippen LogP contribution is 2.09. The van der Waals surface area contributed by atoms with Crippen molar-refractivity contribution >= 4 is 36.7 Å². The van der Waals surface area contributed by atoms with Crippen LogP contribution in [0.2, 0.25) is 0 Å². The number of halogens is 2. The predicted molar refractivity (Wildman–Crippen MR) is 120 cm³/mol. The maximum atomic E-state index is 12.4. The molecule has 7 nitrogen and oxygen atoms in total. The number of nitrogens with two attached hydrogens (primary N) is 1. The maximum Gasteiger partial charge on any atom is 0.328 e. The number of benzene rings is 1. The normalized spacial score (nSPS) is 13.7. The molecule has 0 aliphatic rings. The van der Waals surface area contributed by atoms with E-state index in [0.717, 1.165) is 5.56 Å². The Morgan fingerprint density at radius 3 is 2.28 bits per heavy atom. The van der Waals surface area contributed by atoms with Gasteiger partial charge in [0.15, 0.2) is 0 Å². The molecule has 1 aromatic rings. The number of nitrogens with one attached hydrogen (secondary N) is 1. The first kappa shape index (κ1) is 29.8. The second kappa shape index (κ2) is 15.5. The first-order valence-corrected chi connectivity index (χ1v) is 9.30. The molecule has 0 saturated heterocycles. The van der Waals surface area contributed by atoms with Gasteiger partial charge in [-0.3, -0.25) is 4.79 Å². The third-order valence-electron chi connectivity index (χ3n) is 4.08. The standard InChI is InChI=1S/C20H33N3O4.2ClH/c1-14(2)12-17(20(26)27-11-10-23(3)4)22-19(25)18(24)16(21)13-15-8-6-5-7-9-15;;/h5-9,14,16-18,24H,10-13,21H2,1-4H3,(H,22,25);2*1H/t16-,17+,18+;;/m1../s1. The lowest BCUT2D eigenvalue weighted by Gasteiger charge is -2.23. The molecule has 3 atom stereocenters. The first-order chi connectivity index (χ1) is 12.7. The van der Waals surface area contributed by atoms with E-state index in [4.69, 9.17) is 10.5 Å². The smallest absolute Gasteiger partial charge is 0.328 e. The third kappa shape index (κ3) is 12.0. The van der Waals surface area contributed by atoms with Gasteiger partial charge in [-0.1, -0.05) is 44.2 Å². The zero-order chi connectivity index (χ0) is 20.4. The highest BCUT2D eigenvalue weighted by molar-refractivity contribution is 5.87. The molecule has 29 heavy (non-hydrogen) atoms. The van der Waals surface area contributed by atoms with E-state index < -0.39 is 30.1 Å². The number of amides is 1. The summed E-state index contributed by atoms with van der Waals surface area (Å²) in [4.78, 5) is 26.6. The van der Waals surface area contributed by atoms with Crippen molar-refractivity contribution in [1.82, 2.24) is 10.2 Å². The van der Waals surface area contributed by atoms with Crippen LogP contribution in [0.5, 0.6) is 0 Å². The number of carbonyl (C=O) groups excluding carboxylic acids is 2. The minimum absolute atomic E-state index is 0. The molecule has 0 fully saturated rings. The van der Waals surface area contributed by atoms with Crippen molar-refractivity contribution in [3.8, 4) is 0 Å². The van der Waals surface area contributed by atoms with Crippen LogP contribution in [0.1, 0.15) is 25.8 Å². The van der Waals surface area contributed by atoms with Gasteiger partial charge in [0.25, 0.3) is 5.91 Å². The minimum atomic E-state index is -1.41. The second-order valence-corrected chi connectivity index (χ2v) is 7.46. The van der Waals surface area contributed by atoms with E-state index in [0.29, 0.717) is 19.4 Å². The molecule has 9 heteroatoms. The van der Waals surface area contributed by atoms with Gasteiger partial charge in [-0.25, -0.2) is 4.79 Å². The number of rotatable bonds is 11. The summed E-state index contributed by atoms with van der Waals surface area (Å²) in [6.07, 6.45) is -0.625. The molecule has 4 N–H and O–H groups in total. The Morgan fingerprint density at radius 1 is 1.17 bits per heavy atom. The number of aliphatic hydroxyl groups excluding tert-OH is 1. The summed E-state index contributed by atoms with van der Waals surface area (Å²) in [5.74, 6) is -0.983. The number of aliphatic hydroxyl groups is 1. The van der Waals surface area contributed by atoms with Gasteiger partial charge in [0.2, 0.25) is 0 Å². The number of esters is 1. The molecule has 0 unspecified atom stereocenters. The maximum absolute atomic E-state index is 12.4. The van der Waals surface area contributed by atoms with Crippen LogP contribution in [0.3, 0.4) is 0 Å². The van der Waals surface area contributed by atoms with Crippen molar-refractivity contribution in [2.45, 2.75) is 44.9 Å². The van der Waals surface area contributed by atoms with Gasteiger partial charge < -0.3 is 25.8 Å². The Hall–Kier alpha value is -1.38. The zero-order valence-corrected chi connectivity index (χ0v) is 19.2. The fraction of sp³-hybridized carbons (Fsp3) is 0.600. The molecule has 0 aliphatic heterocycles. The lowest BCUT2D eigenvalue weighted by molar-refractivity contribution is -0.149. The summed E-state index contributed by atoms with van der Waals surface area (Å²) in [5.41, 5.74) is 6.91. The molecule has 0 bridgehead atoms. The fourth-order valence-electron chi connectivity index (χ4n) is 2.56. The van der Waals surface area contributed by atoms with Crippen LogP contribution in [0.15, 0.2) is 30.3 Å². The molecule has 0 aliphatic carbocycles. The van der Waals surface area contributed by atoms with Crippen LogP contribution in [-0.4, -0.2) is 67.3 Å². The average Bonchev–Trinajstić information content (AvgIpc) is 2.60. The van der Waals surface area contributed by atoms with Crippen LogP contribution < -0.4 is 11.1 Å². The van der Waals surface area contributed by atoms with Crippen molar-refractivity contribution in [2.75, 3.05) is 27.2 Å². The Kier molecular flexibility index (Phi) is 15.9. The molecular formula is C20H35Cl2N3O4. The van der Waals surface area contributed by atoms with Gasteiger partial charge in [-0.15, -0.1) is 24.8 Å². The lowest BCUT2D eigenvalue weighted by atomic mass is 10.00. The number of hydrogen-bond acceptors (Lipinski definition) is 6. The van der Waals surface area contributed by atoms with Crippen LogP contribution in [0.25, 0.3) is 0 Å². The van der Waals surface area contributed by atoms with Crippen LogP contribution >= 0.6 is 24.8 Å². The van der Waals surface area contributed by atoms with Crippen molar-refractivity contribution in [1.29, 1.82) is 0 Å². The molecular weight excluding hydrogens is 417 g/mol. The van der Waals surface area contributed by atoms with Gasteiger partial charge in [0.05, 0.1) is 0 Å². The van der Waals surface area contributed by atoms with Crippen LogP contribution in [0.4, 0.5) is 0 Å². The monoisotopic (exact) mass is 451 g/mol. The van der Waals surface area contributed by atoms with Gasteiger partial charge in [0, 0.05) is 12.6 Å². The molecule has 0 aromatic heterocycles. The van der Waals surface area contributed by atoms with Crippen molar-refractivity contribution in [3.63, 3.8) is 0 Å². The molecule has 1 aromatic carbocycles. The summed E-state index contributed by atoms with van der Waals surface area (Å²) in [7, 11) is 3.76. The topological polar surface area (TPSA) is 105 Å².